The Kier molecular flexibility index (Phi) is 3.60. The van der Waals surface area contributed by atoms with Crippen LogP contribution >= 0.6 is 0 Å². The van der Waals surface area contributed by atoms with Crippen LogP contribution in [0.2, 0.25) is 0 Å². The second kappa shape index (κ2) is 5.78. The van der Waals surface area contributed by atoms with Crippen LogP contribution in [-0.4, -0.2) is 23.0 Å². The first kappa shape index (κ1) is 14.9. The van der Waals surface area contributed by atoms with Gasteiger partial charge in [0.2, 0.25) is 5.91 Å². The lowest BCUT2D eigenvalue weighted by atomic mass is 9.92. The molecule has 122 valence electrons. The van der Waals surface area contributed by atoms with Gasteiger partial charge in [-0.3, -0.25) is 4.79 Å². The van der Waals surface area contributed by atoms with Crippen molar-refractivity contribution in [2.24, 2.45) is 5.92 Å². The van der Waals surface area contributed by atoms with Crippen LogP contribution in [-0.2, 0) is 17.6 Å². The number of aryl methyl sites for hydroxylation is 1. The smallest absolute Gasteiger partial charge is 0.335 e. The molecule has 1 saturated carbocycles. The van der Waals surface area contributed by atoms with E-state index in [-0.39, 0.29) is 23.9 Å². The average molecular weight is 321 g/mol. The summed E-state index contributed by atoms with van der Waals surface area (Å²) in [5.74, 6) is 0.0909. The van der Waals surface area contributed by atoms with E-state index in [0.717, 1.165) is 18.4 Å². The largest absolute Gasteiger partial charge is 0.478 e. The Morgan fingerprint density at radius 2 is 1.83 bits per heavy atom. The number of fused-ring (bicyclic) bond motifs is 3. The number of hydrogen-bond acceptors (Lipinski definition) is 2. The lowest BCUT2D eigenvalue weighted by molar-refractivity contribution is -0.120. The van der Waals surface area contributed by atoms with E-state index in [1.165, 1.54) is 23.3 Å². The van der Waals surface area contributed by atoms with Gasteiger partial charge in [-0.1, -0.05) is 36.4 Å². The molecule has 0 saturated heterocycles. The first-order chi connectivity index (χ1) is 11.6. The van der Waals surface area contributed by atoms with Crippen LogP contribution in [0.1, 0.15) is 39.4 Å². The Bertz CT molecular complexity index is 797. The summed E-state index contributed by atoms with van der Waals surface area (Å²) in [6.45, 7) is 0. The fourth-order valence-electron chi connectivity index (χ4n) is 3.95. The number of amides is 1. The highest BCUT2D eigenvalue weighted by molar-refractivity contribution is 5.87. The number of carboxylic acid groups (broad SMARTS) is 1. The van der Waals surface area contributed by atoms with Gasteiger partial charge in [-0.25, -0.2) is 4.79 Å². The van der Waals surface area contributed by atoms with Crippen molar-refractivity contribution in [3.63, 3.8) is 0 Å². The molecule has 0 bridgehead atoms. The minimum Gasteiger partial charge on any atom is -0.478 e. The number of benzene rings is 2. The van der Waals surface area contributed by atoms with Gasteiger partial charge in [-0.05, 0) is 47.6 Å². The van der Waals surface area contributed by atoms with Crippen molar-refractivity contribution in [3.8, 4) is 0 Å². The monoisotopic (exact) mass is 321 g/mol. The standard InChI is InChI=1S/C20H19NO3/c22-17(11-12-5-7-14(8-6-12)20(23)24)21-19-16-10-9-13-3-1-2-4-15(13)18(16)19/h1-8,16,18-19H,9-11H2,(H,21,22)(H,23,24). The van der Waals surface area contributed by atoms with Crippen molar-refractivity contribution < 1.29 is 14.7 Å². The predicted molar refractivity (Wildman–Crippen MR) is 90.0 cm³/mol. The highest BCUT2D eigenvalue weighted by Gasteiger charge is 2.53. The van der Waals surface area contributed by atoms with Gasteiger partial charge in [0.1, 0.15) is 0 Å². The molecule has 1 fully saturated rings. The normalized spacial score (nSPS) is 23.8. The summed E-state index contributed by atoms with van der Waals surface area (Å²) in [6.07, 6.45) is 2.53. The van der Waals surface area contributed by atoms with Crippen molar-refractivity contribution in [1.82, 2.24) is 5.32 Å². The minimum atomic E-state index is -0.952. The highest BCUT2D eigenvalue weighted by atomic mass is 16.4. The van der Waals surface area contributed by atoms with E-state index in [2.05, 4.69) is 29.6 Å². The molecule has 2 aromatic carbocycles. The molecule has 3 atom stereocenters. The summed E-state index contributed by atoms with van der Waals surface area (Å²) >= 11 is 0. The number of rotatable bonds is 4. The van der Waals surface area contributed by atoms with Gasteiger partial charge in [0.25, 0.3) is 0 Å². The maximum absolute atomic E-state index is 12.3. The summed E-state index contributed by atoms with van der Waals surface area (Å²) in [5.41, 5.74) is 3.88. The van der Waals surface area contributed by atoms with Crippen LogP contribution in [0.3, 0.4) is 0 Å². The third kappa shape index (κ3) is 2.68. The van der Waals surface area contributed by atoms with Crippen LogP contribution in [0.15, 0.2) is 48.5 Å². The van der Waals surface area contributed by atoms with E-state index in [1.807, 2.05) is 0 Å². The molecule has 4 nitrogen and oxygen atoms in total. The van der Waals surface area contributed by atoms with E-state index in [4.69, 9.17) is 5.11 Å². The molecule has 4 heteroatoms. The number of nitrogens with one attached hydrogen (secondary N) is 1. The second-order valence-electron chi connectivity index (χ2n) is 6.70. The molecule has 0 spiro atoms. The van der Waals surface area contributed by atoms with Crippen LogP contribution < -0.4 is 5.32 Å². The van der Waals surface area contributed by atoms with Gasteiger partial charge in [0.05, 0.1) is 12.0 Å². The molecule has 0 aliphatic heterocycles. The summed E-state index contributed by atoms with van der Waals surface area (Å²) in [7, 11) is 0. The van der Waals surface area contributed by atoms with E-state index < -0.39 is 5.97 Å². The van der Waals surface area contributed by atoms with E-state index in [0.29, 0.717) is 11.8 Å². The van der Waals surface area contributed by atoms with Gasteiger partial charge in [-0.2, -0.15) is 0 Å². The van der Waals surface area contributed by atoms with E-state index in [1.54, 1.807) is 12.1 Å². The van der Waals surface area contributed by atoms with Gasteiger partial charge >= 0.3 is 5.97 Å². The van der Waals surface area contributed by atoms with Crippen LogP contribution in [0.4, 0.5) is 0 Å². The minimum absolute atomic E-state index is 0.00922. The molecule has 2 N–H and O–H groups in total. The lowest BCUT2D eigenvalue weighted by Gasteiger charge is -2.13. The van der Waals surface area contributed by atoms with Crippen LogP contribution in [0.5, 0.6) is 0 Å². The quantitative estimate of drug-likeness (QED) is 0.910. The number of carbonyl (C=O) groups is 2. The zero-order chi connectivity index (χ0) is 16.7. The van der Waals surface area contributed by atoms with E-state index >= 15 is 0 Å². The zero-order valence-corrected chi connectivity index (χ0v) is 13.2. The van der Waals surface area contributed by atoms with Gasteiger partial charge in [0, 0.05) is 12.0 Å². The van der Waals surface area contributed by atoms with Crippen LogP contribution in [0.25, 0.3) is 0 Å². The van der Waals surface area contributed by atoms with Crippen molar-refractivity contribution >= 4 is 11.9 Å². The van der Waals surface area contributed by atoms with Gasteiger partial charge in [-0.15, -0.1) is 0 Å². The number of carbonyl (C=O) groups excluding carboxylic acids is 1. The molecule has 3 unspecified atom stereocenters. The first-order valence-corrected chi connectivity index (χ1v) is 8.33. The maximum atomic E-state index is 12.3. The number of aromatic carboxylic acids is 1. The first-order valence-electron chi connectivity index (χ1n) is 8.33. The average Bonchev–Trinajstić information content (AvgIpc) is 3.28. The summed E-state index contributed by atoms with van der Waals surface area (Å²) in [6, 6.07) is 15.3. The Hall–Kier alpha value is -2.62. The third-order valence-electron chi connectivity index (χ3n) is 5.22. The van der Waals surface area contributed by atoms with E-state index in [9.17, 15) is 9.59 Å². The molecular weight excluding hydrogens is 302 g/mol. The van der Waals surface area contributed by atoms with Gasteiger partial charge < -0.3 is 10.4 Å². The number of carboxylic acids is 1. The molecule has 4 rings (SSSR count). The molecule has 0 heterocycles. The number of hydrogen-bond donors (Lipinski definition) is 2. The molecule has 0 aromatic heterocycles. The Morgan fingerprint density at radius 1 is 1.08 bits per heavy atom. The molecule has 1 amide bonds. The second-order valence-corrected chi connectivity index (χ2v) is 6.70. The fraction of sp³-hybridized carbons (Fsp3) is 0.300. The summed E-state index contributed by atoms with van der Waals surface area (Å²) < 4.78 is 0. The highest BCUT2D eigenvalue weighted by Crippen LogP contribution is 2.54. The van der Waals surface area contributed by atoms with Gasteiger partial charge in [0.15, 0.2) is 0 Å². The molecule has 2 aliphatic rings. The lowest BCUT2D eigenvalue weighted by Crippen LogP contribution is -2.29. The SMILES string of the molecule is O=C(Cc1ccc(C(=O)O)cc1)NC1C2CCc3ccccc3C21. The van der Waals surface area contributed by atoms with Crippen molar-refractivity contribution in [2.75, 3.05) is 0 Å². The van der Waals surface area contributed by atoms with Crippen LogP contribution in [0, 0.1) is 5.92 Å². The Balaban J connectivity index is 1.39. The topological polar surface area (TPSA) is 66.4 Å². The fourth-order valence-corrected chi connectivity index (χ4v) is 3.95. The maximum Gasteiger partial charge on any atom is 0.335 e. The van der Waals surface area contributed by atoms with Crippen molar-refractivity contribution in [2.45, 2.75) is 31.2 Å². The predicted octanol–water partition coefficient (Wildman–Crippen LogP) is 2.77. The zero-order valence-electron chi connectivity index (χ0n) is 13.2. The molecule has 0 radical (unpaired) electrons. The third-order valence-corrected chi connectivity index (χ3v) is 5.22. The summed E-state index contributed by atoms with van der Waals surface area (Å²) in [5, 5.41) is 12.1. The van der Waals surface area contributed by atoms with Crippen molar-refractivity contribution in [3.05, 3.63) is 70.8 Å². The molecule has 24 heavy (non-hydrogen) atoms. The summed E-state index contributed by atoms with van der Waals surface area (Å²) in [4.78, 5) is 23.2. The molecule has 2 aromatic rings. The molecule has 2 aliphatic carbocycles. The Labute approximate surface area is 140 Å². The Morgan fingerprint density at radius 3 is 2.58 bits per heavy atom. The van der Waals surface area contributed by atoms with Crippen molar-refractivity contribution in [1.29, 1.82) is 0 Å². The molecular formula is C20H19NO3.